The standard InChI is InChI=1S/C13H22O4/c1-13(2,3)8-17-12(16)10-6-4-5-9(7-10)11(14)15/h9-10H,4-8H2,1-3H3,(H,14,15). The number of aliphatic carboxylic acids is 1. The fraction of sp³-hybridized carbons (Fsp3) is 0.846. The lowest BCUT2D eigenvalue weighted by Gasteiger charge is -2.26. The molecular formula is C13H22O4. The number of hydrogen-bond donors (Lipinski definition) is 1. The van der Waals surface area contributed by atoms with Gasteiger partial charge >= 0.3 is 11.9 Å². The normalized spacial score (nSPS) is 25.4. The highest BCUT2D eigenvalue weighted by Gasteiger charge is 2.32. The minimum Gasteiger partial charge on any atom is -0.481 e. The van der Waals surface area contributed by atoms with Crippen molar-refractivity contribution in [2.24, 2.45) is 17.3 Å². The van der Waals surface area contributed by atoms with Crippen molar-refractivity contribution < 1.29 is 19.4 Å². The molecule has 0 spiro atoms. The monoisotopic (exact) mass is 242 g/mol. The fourth-order valence-corrected chi connectivity index (χ4v) is 2.03. The molecule has 1 fully saturated rings. The predicted molar refractivity (Wildman–Crippen MR) is 63.5 cm³/mol. The molecule has 0 aromatic carbocycles. The fourth-order valence-electron chi connectivity index (χ4n) is 2.03. The van der Waals surface area contributed by atoms with Crippen molar-refractivity contribution in [2.75, 3.05) is 6.61 Å². The van der Waals surface area contributed by atoms with Crippen LogP contribution in [0.25, 0.3) is 0 Å². The highest BCUT2D eigenvalue weighted by molar-refractivity contribution is 5.75. The van der Waals surface area contributed by atoms with Crippen LogP contribution in [-0.2, 0) is 14.3 Å². The second kappa shape index (κ2) is 5.52. The van der Waals surface area contributed by atoms with E-state index in [9.17, 15) is 9.59 Å². The Morgan fingerprint density at radius 1 is 1.24 bits per heavy atom. The minimum absolute atomic E-state index is 0.0451. The Morgan fingerprint density at radius 2 is 1.82 bits per heavy atom. The summed E-state index contributed by atoms with van der Waals surface area (Å²) in [4.78, 5) is 22.7. The third-order valence-electron chi connectivity index (χ3n) is 3.00. The van der Waals surface area contributed by atoms with Crippen molar-refractivity contribution >= 4 is 11.9 Å². The molecule has 1 rings (SSSR count). The molecule has 0 aromatic rings. The van der Waals surface area contributed by atoms with Crippen LogP contribution in [0.3, 0.4) is 0 Å². The van der Waals surface area contributed by atoms with Gasteiger partial charge < -0.3 is 9.84 Å². The van der Waals surface area contributed by atoms with Gasteiger partial charge in [-0.15, -0.1) is 0 Å². The van der Waals surface area contributed by atoms with Gasteiger partial charge in [-0.25, -0.2) is 0 Å². The minimum atomic E-state index is -0.793. The molecule has 0 saturated heterocycles. The SMILES string of the molecule is CC(C)(C)COC(=O)C1CCCC(C(=O)O)C1. The summed E-state index contributed by atoms with van der Waals surface area (Å²) in [7, 11) is 0. The van der Waals surface area contributed by atoms with Crippen LogP contribution < -0.4 is 0 Å². The molecule has 4 heteroatoms. The zero-order valence-corrected chi connectivity index (χ0v) is 10.9. The number of carbonyl (C=O) groups excluding carboxylic acids is 1. The maximum absolute atomic E-state index is 11.8. The maximum atomic E-state index is 11.8. The van der Waals surface area contributed by atoms with Gasteiger partial charge in [-0.2, -0.15) is 0 Å². The van der Waals surface area contributed by atoms with E-state index in [0.717, 1.165) is 12.8 Å². The highest BCUT2D eigenvalue weighted by Crippen LogP contribution is 2.30. The van der Waals surface area contributed by atoms with Gasteiger partial charge in [0.1, 0.15) is 0 Å². The third-order valence-corrected chi connectivity index (χ3v) is 3.00. The molecule has 17 heavy (non-hydrogen) atoms. The van der Waals surface area contributed by atoms with Gasteiger partial charge in [0.2, 0.25) is 0 Å². The molecule has 1 aliphatic carbocycles. The molecule has 0 aromatic heterocycles. The summed E-state index contributed by atoms with van der Waals surface area (Å²) in [5, 5.41) is 8.94. The van der Waals surface area contributed by atoms with E-state index in [1.807, 2.05) is 20.8 Å². The summed E-state index contributed by atoms with van der Waals surface area (Å²) in [6.45, 7) is 6.39. The second-order valence-electron chi connectivity index (χ2n) is 6.07. The van der Waals surface area contributed by atoms with Crippen molar-refractivity contribution in [2.45, 2.75) is 46.5 Å². The molecule has 0 bridgehead atoms. The number of carboxylic acids is 1. The molecule has 0 radical (unpaired) electrons. The lowest BCUT2D eigenvalue weighted by Crippen LogP contribution is -2.30. The molecule has 1 saturated carbocycles. The van der Waals surface area contributed by atoms with Gasteiger partial charge in [0.15, 0.2) is 0 Å². The van der Waals surface area contributed by atoms with Crippen LogP contribution in [-0.4, -0.2) is 23.7 Å². The summed E-state index contributed by atoms with van der Waals surface area (Å²) < 4.78 is 5.24. The number of carbonyl (C=O) groups is 2. The van der Waals surface area contributed by atoms with Gasteiger partial charge in [-0.05, 0) is 24.7 Å². The van der Waals surface area contributed by atoms with Crippen LogP contribution in [0.5, 0.6) is 0 Å². The van der Waals surface area contributed by atoms with Gasteiger partial charge in [-0.3, -0.25) is 9.59 Å². The average molecular weight is 242 g/mol. The van der Waals surface area contributed by atoms with Crippen LogP contribution in [0.15, 0.2) is 0 Å². The van der Waals surface area contributed by atoms with E-state index in [2.05, 4.69) is 0 Å². The van der Waals surface area contributed by atoms with Crippen molar-refractivity contribution in [3.8, 4) is 0 Å². The first-order valence-electron chi connectivity index (χ1n) is 6.19. The first kappa shape index (κ1) is 14.0. The van der Waals surface area contributed by atoms with E-state index in [0.29, 0.717) is 19.4 Å². The van der Waals surface area contributed by atoms with E-state index in [1.54, 1.807) is 0 Å². The first-order chi connectivity index (χ1) is 7.79. The number of rotatable bonds is 3. The largest absolute Gasteiger partial charge is 0.481 e. The average Bonchev–Trinajstić information content (AvgIpc) is 2.25. The van der Waals surface area contributed by atoms with Gasteiger partial charge in [0.05, 0.1) is 18.4 Å². The van der Waals surface area contributed by atoms with E-state index >= 15 is 0 Å². The van der Waals surface area contributed by atoms with Crippen LogP contribution >= 0.6 is 0 Å². The Bertz CT molecular complexity index is 290. The molecule has 2 unspecified atom stereocenters. The lowest BCUT2D eigenvalue weighted by atomic mass is 9.81. The maximum Gasteiger partial charge on any atom is 0.308 e. The molecule has 0 heterocycles. The summed E-state index contributed by atoms with van der Waals surface area (Å²) in [6.07, 6.45) is 2.66. The van der Waals surface area contributed by atoms with E-state index < -0.39 is 5.97 Å². The molecule has 0 amide bonds. The molecule has 98 valence electrons. The lowest BCUT2D eigenvalue weighted by molar-refractivity contribution is -0.154. The predicted octanol–water partition coefficient (Wildman–Crippen LogP) is 2.47. The Morgan fingerprint density at radius 3 is 2.35 bits per heavy atom. The molecule has 2 atom stereocenters. The molecule has 4 nitrogen and oxygen atoms in total. The van der Waals surface area contributed by atoms with Crippen LogP contribution in [0.4, 0.5) is 0 Å². The molecule has 1 aliphatic rings. The molecular weight excluding hydrogens is 220 g/mol. The zero-order chi connectivity index (χ0) is 13.1. The van der Waals surface area contributed by atoms with Crippen molar-refractivity contribution in [3.05, 3.63) is 0 Å². The number of esters is 1. The topological polar surface area (TPSA) is 63.6 Å². The van der Waals surface area contributed by atoms with Gasteiger partial charge in [-0.1, -0.05) is 27.2 Å². The first-order valence-corrected chi connectivity index (χ1v) is 6.19. The Kier molecular flexibility index (Phi) is 4.54. The molecule has 1 N–H and O–H groups in total. The summed E-state index contributed by atoms with van der Waals surface area (Å²) in [5.74, 6) is -1.63. The second-order valence-corrected chi connectivity index (χ2v) is 6.07. The number of hydrogen-bond acceptors (Lipinski definition) is 3. The van der Waals surface area contributed by atoms with E-state index in [1.165, 1.54) is 0 Å². The van der Waals surface area contributed by atoms with Crippen molar-refractivity contribution in [3.63, 3.8) is 0 Å². The van der Waals surface area contributed by atoms with Crippen molar-refractivity contribution in [1.82, 2.24) is 0 Å². The quantitative estimate of drug-likeness (QED) is 0.772. The number of carboxylic acid groups (broad SMARTS) is 1. The number of ether oxygens (including phenoxy) is 1. The summed E-state index contributed by atoms with van der Waals surface area (Å²) >= 11 is 0. The van der Waals surface area contributed by atoms with E-state index in [4.69, 9.17) is 9.84 Å². The Labute approximate surface area is 102 Å². The van der Waals surface area contributed by atoms with Gasteiger partial charge in [0.25, 0.3) is 0 Å². The smallest absolute Gasteiger partial charge is 0.308 e. The molecule has 0 aliphatic heterocycles. The zero-order valence-electron chi connectivity index (χ0n) is 10.9. The van der Waals surface area contributed by atoms with Crippen LogP contribution in [0, 0.1) is 17.3 Å². The third kappa shape index (κ3) is 4.75. The Hall–Kier alpha value is -1.06. The van der Waals surface area contributed by atoms with Gasteiger partial charge in [0, 0.05) is 0 Å². The Balaban J connectivity index is 2.44. The van der Waals surface area contributed by atoms with Crippen LogP contribution in [0.2, 0.25) is 0 Å². The van der Waals surface area contributed by atoms with Crippen molar-refractivity contribution in [1.29, 1.82) is 0 Å². The summed E-state index contributed by atoms with van der Waals surface area (Å²) in [6, 6.07) is 0. The summed E-state index contributed by atoms with van der Waals surface area (Å²) in [5.41, 5.74) is -0.0451. The van der Waals surface area contributed by atoms with E-state index in [-0.39, 0.29) is 23.2 Å². The van der Waals surface area contributed by atoms with Crippen LogP contribution in [0.1, 0.15) is 46.5 Å². The highest BCUT2D eigenvalue weighted by atomic mass is 16.5.